The third-order valence-electron chi connectivity index (χ3n) is 5.22. The fourth-order valence-electron chi connectivity index (χ4n) is 3.52. The molecular weight excluding hydrogens is 317 g/mol. The number of anilines is 1. The number of rotatable bonds is 3. The predicted molar refractivity (Wildman–Crippen MR) is 87.5 cm³/mol. The number of hydrogen-bond acceptors (Lipinski definition) is 3. The lowest BCUT2D eigenvalue weighted by Crippen LogP contribution is -2.28. The first kappa shape index (κ1) is 16.4. The molecule has 6 heteroatoms. The number of benzene rings is 1. The number of sulfone groups is 1. The second-order valence-corrected chi connectivity index (χ2v) is 9.45. The van der Waals surface area contributed by atoms with Crippen molar-refractivity contribution in [2.24, 2.45) is 11.3 Å². The first-order valence-corrected chi connectivity index (χ1v) is 9.85. The highest BCUT2D eigenvalue weighted by Crippen LogP contribution is 2.60. The molecule has 23 heavy (non-hydrogen) atoms. The van der Waals surface area contributed by atoms with E-state index in [1.165, 1.54) is 6.07 Å². The average Bonchev–Trinajstić information content (AvgIpc) is 3.17. The standard InChI is InChI=1S/C17H22FNO3S/c1-11(2)13-4-3-12(9-15(13)18)19-16(20)14-10-17(14)5-7-23(21,22)8-6-17/h3-4,9,11,14H,5-8,10H2,1-2H3,(H,19,20)/t14-/m0/s1. The van der Waals surface area contributed by atoms with Gasteiger partial charge in [0.2, 0.25) is 5.91 Å². The summed E-state index contributed by atoms with van der Waals surface area (Å²) in [6.07, 6.45) is 1.86. The lowest BCUT2D eigenvalue weighted by Gasteiger charge is -2.22. The van der Waals surface area contributed by atoms with Gasteiger partial charge in [0.25, 0.3) is 0 Å². The number of halogens is 1. The van der Waals surface area contributed by atoms with Gasteiger partial charge >= 0.3 is 0 Å². The topological polar surface area (TPSA) is 63.2 Å². The summed E-state index contributed by atoms with van der Waals surface area (Å²) in [6.45, 7) is 3.84. The molecule has 0 aromatic heterocycles. The van der Waals surface area contributed by atoms with Crippen molar-refractivity contribution in [3.8, 4) is 0 Å². The van der Waals surface area contributed by atoms with Gasteiger partial charge in [-0.1, -0.05) is 19.9 Å². The summed E-state index contributed by atoms with van der Waals surface area (Å²) in [5, 5.41) is 2.77. The highest BCUT2D eigenvalue weighted by Gasteiger charge is 2.59. The van der Waals surface area contributed by atoms with Gasteiger partial charge < -0.3 is 5.32 Å². The van der Waals surface area contributed by atoms with Crippen LogP contribution in [0.5, 0.6) is 0 Å². The van der Waals surface area contributed by atoms with Crippen molar-refractivity contribution >= 4 is 21.4 Å². The molecule has 4 nitrogen and oxygen atoms in total. The lowest BCUT2D eigenvalue weighted by molar-refractivity contribution is -0.118. The fourth-order valence-corrected chi connectivity index (χ4v) is 5.16. The molecule has 1 aliphatic heterocycles. The van der Waals surface area contributed by atoms with E-state index < -0.39 is 9.84 Å². The van der Waals surface area contributed by atoms with Crippen LogP contribution >= 0.6 is 0 Å². The molecule has 1 aliphatic carbocycles. The predicted octanol–water partition coefficient (Wildman–Crippen LogP) is 3.10. The zero-order valence-electron chi connectivity index (χ0n) is 13.4. The second kappa shape index (κ2) is 5.58. The number of amides is 1. The minimum atomic E-state index is -2.92. The molecule has 1 spiro atoms. The van der Waals surface area contributed by atoms with Crippen LogP contribution in [-0.4, -0.2) is 25.8 Å². The molecule has 2 aliphatic rings. The number of nitrogens with one attached hydrogen (secondary N) is 1. The van der Waals surface area contributed by atoms with Crippen LogP contribution in [0, 0.1) is 17.2 Å². The maximum absolute atomic E-state index is 14.0. The summed E-state index contributed by atoms with van der Waals surface area (Å²) in [5.74, 6) is -0.141. The van der Waals surface area contributed by atoms with Crippen LogP contribution in [0.4, 0.5) is 10.1 Å². The van der Waals surface area contributed by atoms with Crippen LogP contribution in [0.3, 0.4) is 0 Å². The Hall–Kier alpha value is -1.43. The highest BCUT2D eigenvalue weighted by molar-refractivity contribution is 7.91. The third-order valence-corrected chi connectivity index (χ3v) is 6.87. The van der Waals surface area contributed by atoms with Crippen molar-refractivity contribution in [1.82, 2.24) is 0 Å². The van der Waals surface area contributed by atoms with Crippen molar-refractivity contribution in [1.29, 1.82) is 0 Å². The van der Waals surface area contributed by atoms with Crippen molar-refractivity contribution in [2.75, 3.05) is 16.8 Å². The Morgan fingerprint density at radius 2 is 1.96 bits per heavy atom. The summed E-state index contributed by atoms with van der Waals surface area (Å²) >= 11 is 0. The fraction of sp³-hybridized carbons (Fsp3) is 0.588. The summed E-state index contributed by atoms with van der Waals surface area (Å²) in [5.41, 5.74) is 0.942. The Labute approximate surface area is 136 Å². The summed E-state index contributed by atoms with van der Waals surface area (Å²) in [7, 11) is -2.92. The molecule has 1 saturated heterocycles. The van der Waals surface area contributed by atoms with E-state index >= 15 is 0 Å². The van der Waals surface area contributed by atoms with E-state index in [2.05, 4.69) is 5.32 Å². The van der Waals surface area contributed by atoms with E-state index in [1.54, 1.807) is 12.1 Å². The van der Waals surface area contributed by atoms with Crippen molar-refractivity contribution in [3.63, 3.8) is 0 Å². The van der Waals surface area contributed by atoms with Gasteiger partial charge in [0.15, 0.2) is 0 Å². The molecule has 1 aromatic rings. The monoisotopic (exact) mass is 339 g/mol. The first-order chi connectivity index (χ1) is 10.7. The second-order valence-electron chi connectivity index (χ2n) is 7.15. The van der Waals surface area contributed by atoms with E-state index in [9.17, 15) is 17.6 Å². The van der Waals surface area contributed by atoms with Crippen LogP contribution < -0.4 is 5.32 Å². The Bertz CT molecular complexity index is 728. The largest absolute Gasteiger partial charge is 0.326 e. The molecule has 3 rings (SSSR count). The number of carbonyl (C=O) groups is 1. The van der Waals surface area contributed by atoms with Crippen LogP contribution in [0.1, 0.15) is 44.6 Å². The van der Waals surface area contributed by atoms with Crippen molar-refractivity contribution < 1.29 is 17.6 Å². The van der Waals surface area contributed by atoms with Crippen LogP contribution in [-0.2, 0) is 14.6 Å². The molecular formula is C17H22FNO3S. The molecule has 1 atom stereocenters. The van der Waals surface area contributed by atoms with Crippen molar-refractivity contribution in [2.45, 2.75) is 39.0 Å². The van der Waals surface area contributed by atoms with E-state index in [-0.39, 0.29) is 40.5 Å². The van der Waals surface area contributed by atoms with E-state index in [4.69, 9.17) is 0 Å². The minimum Gasteiger partial charge on any atom is -0.326 e. The summed E-state index contributed by atoms with van der Waals surface area (Å²) in [6, 6.07) is 4.77. The van der Waals surface area contributed by atoms with Gasteiger partial charge in [0.05, 0.1) is 11.5 Å². The van der Waals surface area contributed by atoms with Crippen LogP contribution in [0.2, 0.25) is 0 Å². The van der Waals surface area contributed by atoms with Gasteiger partial charge in [-0.15, -0.1) is 0 Å². The van der Waals surface area contributed by atoms with Gasteiger partial charge in [0.1, 0.15) is 15.7 Å². The molecule has 0 unspecified atom stereocenters. The van der Waals surface area contributed by atoms with Gasteiger partial charge in [-0.2, -0.15) is 0 Å². The van der Waals surface area contributed by atoms with Crippen molar-refractivity contribution in [3.05, 3.63) is 29.6 Å². The normalized spacial score (nSPS) is 24.6. The Balaban J connectivity index is 1.64. The highest BCUT2D eigenvalue weighted by atomic mass is 32.2. The summed E-state index contributed by atoms with van der Waals surface area (Å²) < 4.78 is 37.0. The quantitative estimate of drug-likeness (QED) is 0.920. The number of carbonyl (C=O) groups excluding carboxylic acids is 1. The molecule has 2 fully saturated rings. The van der Waals surface area contributed by atoms with Gasteiger partial charge in [-0.25, -0.2) is 12.8 Å². The van der Waals surface area contributed by atoms with Gasteiger partial charge in [-0.3, -0.25) is 4.79 Å². The Morgan fingerprint density at radius 1 is 1.30 bits per heavy atom. The molecule has 1 amide bonds. The van der Waals surface area contributed by atoms with E-state index in [0.29, 0.717) is 24.1 Å². The minimum absolute atomic E-state index is 0.0932. The molecule has 1 aromatic carbocycles. The number of hydrogen-bond donors (Lipinski definition) is 1. The van der Waals surface area contributed by atoms with Crippen LogP contribution in [0.25, 0.3) is 0 Å². The van der Waals surface area contributed by atoms with E-state index in [0.717, 1.165) is 6.42 Å². The summed E-state index contributed by atoms with van der Waals surface area (Å²) in [4.78, 5) is 12.4. The van der Waals surface area contributed by atoms with Gasteiger partial charge in [0, 0.05) is 11.6 Å². The third kappa shape index (κ3) is 3.27. The SMILES string of the molecule is CC(C)c1ccc(NC(=O)[C@@H]2CC23CCS(=O)(=O)CC3)cc1F. The van der Waals surface area contributed by atoms with Crippen LogP contribution in [0.15, 0.2) is 18.2 Å². The lowest BCUT2D eigenvalue weighted by atomic mass is 9.96. The molecule has 1 N–H and O–H groups in total. The van der Waals surface area contributed by atoms with E-state index in [1.807, 2.05) is 13.8 Å². The Morgan fingerprint density at radius 3 is 2.52 bits per heavy atom. The first-order valence-electron chi connectivity index (χ1n) is 8.03. The molecule has 0 radical (unpaired) electrons. The zero-order valence-corrected chi connectivity index (χ0v) is 14.2. The molecule has 1 saturated carbocycles. The maximum atomic E-state index is 14.0. The zero-order chi connectivity index (χ0) is 16.8. The molecule has 1 heterocycles. The maximum Gasteiger partial charge on any atom is 0.228 e. The Kier molecular flexibility index (Phi) is 3.99. The molecule has 126 valence electrons. The molecule has 0 bridgehead atoms. The smallest absolute Gasteiger partial charge is 0.228 e. The average molecular weight is 339 g/mol. The van der Waals surface area contributed by atoms with Gasteiger partial charge in [-0.05, 0) is 48.3 Å².